The third-order valence-corrected chi connectivity index (χ3v) is 4.61. The van der Waals surface area contributed by atoms with E-state index in [1.54, 1.807) is 18.0 Å². The Labute approximate surface area is 113 Å². The molecule has 86 valence electrons. The minimum Gasteiger partial charge on any atom is -0.247 e. The molecule has 0 aromatic carbocycles. The fraction of sp³-hybridized carbons (Fsp3) is 0.455. The Kier molecular flexibility index (Phi) is 6.93. The van der Waals surface area contributed by atoms with Crippen molar-refractivity contribution in [2.75, 3.05) is 10.8 Å². The fourth-order valence-electron chi connectivity index (χ4n) is 1.02. The normalized spacial score (nSPS) is 10.1. The molecule has 1 rings (SSSR count). The second-order valence-corrected chi connectivity index (χ2v) is 6.49. The highest BCUT2D eigenvalue weighted by atomic mass is 79.9. The van der Waals surface area contributed by atoms with Crippen LogP contribution in [0.5, 0.6) is 0 Å². The van der Waals surface area contributed by atoms with Crippen LogP contribution in [0.25, 0.3) is 0 Å². The van der Waals surface area contributed by atoms with Gasteiger partial charge in [-0.3, -0.25) is 0 Å². The molecule has 0 saturated carbocycles. The summed E-state index contributed by atoms with van der Waals surface area (Å²) >= 11 is 6.85. The molecule has 0 radical (unpaired) electrons. The van der Waals surface area contributed by atoms with Crippen LogP contribution in [0.2, 0.25) is 0 Å². The summed E-state index contributed by atoms with van der Waals surface area (Å²) in [4.78, 5) is 4.25. The second-order valence-electron chi connectivity index (χ2n) is 3.14. The monoisotopic (exact) mass is 316 g/mol. The lowest BCUT2D eigenvalue weighted by molar-refractivity contribution is 0.897. The number of nitriles is 1. The minimum atomic E-state index is 0.649. The molecule has 1 heterocycles. The van der Waals surface area contributed by atoms with Crippen molar-refractivity contribution in [3.63, 3.8) is 0 Å². The van der Waals surface area contributed by atoms with Crippen molar-refractivity contribution in [2.24, 2.45) is 0 Å². The molecule has 0 amide bonds. The summed E-state index contributed by atoms with van der Waals surface area (Å²) in [6.07, 6.45) is 4.22. The van der Waals surface area contributed by atoms with Crippen molar-refractivity contribution in [3.05, 3.63) is 22.3 Å². The molecule has 0 spiro atoms. The molecule has 0 fully saturated rings. The maximum Gasteiger partial charge on any atom is 0.115 e. The number of pyridine rings is 1. The van der Waals surface area contributed by atoms with Gasteiger partial charge in [-0.1, -0.05) is 25.1 Å². The fourth-order valence-corrected chi connectivity index (χ4v) is 3.49. The summed E-state index contributed by atoms with van der Waals surface area (Å²) < 4.78 is 0.854. The zero-order valence-electron chi connectivity index (χ0n) is 9.07. The molecule has 16 heavy (non-hydrogen) atoms. The molecule has 0 saturated heterocycles. The topological polar surface area (TPSA) is 36.7 Å². The highest BCUT2D eigenvalue weighted by molar-refractivity contribution is 9.10. The number of rotatable bonds is 6. The van der Waals surface area contributed by atoms with Crippen molar-refractivity contribution in [2.45, 2.75) is 24.8 Å². The van der Waals surface area contributed by atoms with E-state index in [1.807, 2.05) is 17.8 Å². The number of thioether (sulfide) groups is 2. The van der Waals surface area contributed by atoms with Gasteiger partial charge in [0.15, 0.2) is 0 Å². The van der Waals surface area contributed by atoms with Crippen molar-refractivity contribution in [1.29, 1.82) is 5.26 Å². The number of nitrogens with zero attached hydrogens (tertiary/aromatic N) is 2. The van der Waals surface area contributed by atoms with Gasteiger partial charge < -0.3 is 0 Å². The first kappa shape index (κ1) is 13.9. The molecule has 0 unspecified atom stereocenters. The van der Waals surface area contributed by atoms with Gasteiger partial charge in [0.25, 0.3) is 0 Å². The highest BCUT2D eigenvalue weighted by Gasteiger charge is 2.04. The number of halogens is 1. The van der Waals surface area contributed by atoms with E-state index in [4.69, 9.17) is 5.26 Å². The van der Waals surface area contributed by atoms with Gasteiger partial charge in [-0.15, -0.1) is 0 Å². The molecule has 0 aliphatic heterocycles. The molecule has 0 aliphatic carbocycles. The van der Waals surface area contributed by atoms with E-state index in [0.29, 0.717) is 5.56 Å². The predicted molar refractivity (Wildman–Crippen MR) is 74.7 cm³/mol. The van der Waals surface area contributed by atoms with E-state index in [-0.39, 0.29) is 0 Å². The van der Waals surface area contributed by atoms with E-state index in [0.717, 1.165) is 14.6 Å². The third kappa shape index (κ3) is 4.77. The van der Waals surface area contributed by atoms with Gasteiger partial charge in [0, 0.05) is 15.8 Å². The van der Waals surface area contributed by atoms with E-state index in [9.17, 15) is 0 Å². The van der Waals surface area contributed by atoms with Gasteiger partial charge in [-0.25, -0.2) is 4.98 Å². The van der Waals surface area contributed by atoms with Gasteiger partial charge in [-0.2, -0.15) is 17.0 Å². The summed E-state index contributed by atoms with van der Waals surface area (Å²) in [5.41, 5.74) is 0.649. The second kappa shape index (κ2) is 7.99. The number of aromatic nitrogens is 1. The standard InChI is InChI=1S/C11H13BrN2S2/c1-2-3-4-15-8-16-11-9(6-13)5-10(12)7-14-11/h5,7H,2-4,8H2,1H3. The molecule has 0 N–H and O–H groups in total. The molecule has 1 aromatic rings. The maximum atomic E-state index is 8.95. The lowest BCUT2D eigenvalue weighted by Gasteiger charge is -2.03. The SMILES string of the molecule is CCCCSCSc1ncc(Br)cc1C#N. The summed E-state index contributed by atoms with van der Waals surface area (Å²) in [6, 6.07) is 3.98. The summed E-state index contributed by atoms with van der Waals surface area (Å²) in [5, 5.41) is 10.7. The van der Waals surface area contributed by atoms with Crippen LogP contribution in [0.4, 0.5) is 0 Å². The molecule has 1 aromatic heterocycles. The van der Waals surface area contributed by atoms with Crippen molar-refractivity contribution < 1.29 is 0 Å². The third-order valence-electron chi connectivity index (χ3n) is 1.86. The van der Waals surface area contributed by atoms with E-state index < -0.39 is 0 Å². The van der Waals surface area contributed by atoms with E-state index in [2.05, 4.69) is 33.9 Å². The largest absolute Gasteiger partial charge is 0.247 e. The first-order valence-electron chi connectivity index (χ1n) is 5.04. The van der Waals surface area contributed by atoms with Gasteiger partial charge >= 0.3 is 0 Å². The molecular formula is C11H13BrN2S2. The molecular weight excluding hydrogens is 304 g/mol. The van der Waals surface area contributed by atoms with E-state index in [1.165, 1.54) is 18.6 Å². The number of hydrogen-bond acceptors (Lipinski definition) is 4. The summed E-state index contributed by atoms with van der Waals surface area (Å²) in [7, 11) is 0. The summed E-state index contributed by atoms with van der Waals surface area (Å²) in [6.45, 7) is 2.19. The van der Waals surface area contributed by atoms with Crippen molar-refractivity contribution >= 4 is 39.5 Å². The molecule has 0 aliphatic rings. The molecule has 0 atom stereocenters. The van der Waals surface area contributed by atoms with Crippen molar-refractivity contribution in [3.8, 4) is 6.07 Å². The van der Waals surface area contributed by atoms with Crippen LogP contribution in [0.15, 0.2) is 21.8 Å². The van der Waals surface area contributed by atoms with Crippen molar-refractivity contribution in [1.82, 2.24) is 4.98 Å². The van der Waals surface area contributed by atoms with Gasteiger partial charge in [0.05, 0.1) is 5.56 Å². The zero-order chi connectivity index (χ0) is 11.8. The quantitative estimate of drug-likeness (QED) is 0.445. The van der Waals surface area contributed by atoms with Gasteiger partial charge in [0.1, 0.15) is 11.1 Å². The average Bonchev–Trinajstić information content (AvgIpc) is 2.30. The van der Waals surface area contributed by atoms with Crippen LogP contribution in [0, 0.1) is 11.3 Å². The number of unbranched alkanes of at least 4 members (excludes halogenated alkanes) is 1. The summed E-state index contributed by atoms with van der Waals surface area (Å²) in [5.74, 6) is 1.18. The van der Waals surface area contributed by atoms with Crippen LogP contribution in [-0.4, -0.2) is 15.8 Å². The maximum absolute atomic E-state index is 8.95. The smallest absolute Gasteiger partial charge is 0.115 e. The molecule has 2 nitrogen and oxygen atoms in total. The first-order valence-corrected chi connectivity index (χ1v) is 7.97. The van der Waals surface area contributed by atoms with Crippen LogP contribution >= 0.6 is 39.5 Å². The Morgan fingerprint density at radius 2 is 2.38 bits per heavy atom. The van der Waals surface area contributed by atoms with Gasteiger partial charge in [-0.05, 0) is 34.2 Å². The average molecular weight is 317 g/mol. The number of hydrogen-bond donors (Lipinski definition) is 0. The highest BCUT2D eigenvalue weighted by Crippen LogP contribution is 2.26. The Balaban J connectivity index is 2.45. The van der Waals surface area contributed by atoms with Crippen LogP contribution in [0.1, 0.15) is 25.3 Å². The lowest BCUT2D eigenvalue weighted by atomic mass is 10.3. The lowest BCUT2D eigenvalue weighted by Crippen LogP contribution is -1.87. The predicted octanol–water partition coefficient (Wildman–Crippen LogP) is 4.30. The molecule has 5 heteroatoms. The first-order chi connectivity index (χ1) is 7.77. The van der Waals surface area contributed by atoms with E-state index >= 15 is 0 Å². The Morgan fingerprint density at radius 1 is 1.56 bits per heavy atom. The Morgan fingerprint density at radius 3 is 3.06 bits per heavy atom. The van der Waals surface area contributed by atoms with Crippen LogP contribution < -0.4 is 0 Å². The zero-order valence-corrected chi connectivity index (χ0v) is 12.3. The molecule has 0 bridgehead atoms. The Bertz CT molecular complexity index is 377. The van der Waals surface area contributed by atoms with Gasteiger partial charge in [0.2, 0.25) is 0 Å². The Hall–Kier alpha value is -0.180. The minimum absolute atomic E-state index is 0.649. The van der Waals surface area contributed by atoms with Crippen LogP contribution in [-0.2, 0) is 0 Å². The van der Waals surface area contributed by atoms with Crippen LogP contribution in [0.3, 0.4) is 0 Å².